The van der Waals surface area contributed by atoms with Crippen LogP contribution in [-0.4, -0.2) is 19.9 Å². The van der Waals surface area contributed by atoms with Crippen LogP contribution in [0.4, 0.5) is 0 Å². The molecule has 1 heterocycles. The molecule has 0 amide bonds. The zero-order chi connectivity index (χ0) is 14.1. The molecule has 0 radical (unpaired) electrons. The highest BCUT2D eigenvalue weighted by Crippen LogP contribution is 2.45. The standard InChI is InChI=1S/C16H27N3O/c1-11(2)19-15(10-20)17-18-16(19)14-8-7-12-5-3-4-6-13(12)9-14/h11-14,20H,3-10H2,1-2H3. The van der Waals surface area contributed by atoms with E-state index in [-0.39, 0.29) is 6.61 Å². The molecule has 2 aliphatic rings. The van der Waals surface area contributed by atoms with Gasteiger partial charge in [0, 0.05) is 12.0 Å². The molecule has 0 aromatic carbocycles. The maximum absolute atomic E-state index is 9.44. The zero-order valence-corrected chi connectivity index (χ0v) is 12.8. The van der Waals surface area contributed by atoms with E-state index in [1.807, 2.05) is 0 Å². The highest BCUT2D eigenvalue weighted by atomic mass is 16.3. The van der Waals surface area contributed by atoms with Crippen LogP contribution < -0.4 is 0 Å². The van der Waals surface area contributed by atoms with Gasteiger partial charge in [0.15, 0.2) is 5.82 Å². The smallest absolute Gasteiger partial charge is 0.159 e. The number of hydrogen-bond donors (Lipinski definition) is 1. The van der Waals surface area contributed by atoms with Gasteiger partial charge < -0.3 is 9.67 Å². The SMILES string of the molecule is CC(C)n1c(CO)nnc1C1CCC2CCCCC2C1. The Bertz CT molecular complexity index is 455. The molecule has 1 aromatic heterocycles. The zero-order valence-electron chi connectivity index (χ0n) is 12.8. The molecule has 0 aliphatic heterocycles. The Morgan fingerprint density at radius 2 is 1.85 bits per heavy atom. The van der Waals surface area contributed by atoms with Crippen molar-refractivity contribution in [1.82, 2.24) is 14.8 Å². The van der Waals surface area contributed by atoms with E-state index < -0.39 is 0 Å². The molecule has 20 heavy (non-hydrogen) atoms. The molecular formula is C16H27N3O. The van der Waals surface area contributed by atoms with Gasteiger partial charge in [-0.25, -0.2) is 0 Å². The van der Waals surface area contributed by atoms with Gasteiger partial charge in [-0.15, -0.1) is 10.2 Å². The predicted octanol–water partition coefficient (Wildman–Crippen LogP) is 3.43. The number of aliphatic hydroxyl groups excluding tert-OH is 1. The third-order valence-electron chi connectivity index (χ3n) is 5.36. The average Bonchev–Trinajstić information content (AvgIpc) is 2.91. The van der Waals surface area contributed by atoms with Gasteiger partial charge in [0.2, 0.25) is 0 Å². The largest absolute Gasteiger partial charge is 0.388 e. The minimum Gasteiger partial charge on any atom is -0.388 e. The number of aliphatic hydroxyl groups is 1. The molecule has 112 valence electrons. The first kappa shape index (κ1) is 14.1. The molecule has 4 nitrogen and oxygen atoms in total. The second kappa shape index (κ2) is 5.84. The lowest BCUT2D eigenvalue weighted by Crippen LogP contribution is -2.28. The van der Waals surface area contributed by atoms with Crippen LogP contribution in [0.3, 0.4) is 0 Å². The van der Waals surface area contributed by atoms with Crippen molar-refractivity contribution >= 4 is 0 Å². The molecule has 1 N–H and O–H groups in total. The summed E-state index contributed by atoms with van der Waals surface area (Å²) in [6.07, 6.45) is 9.57. The normalized spacial score (nSPS) is 30.5. The number of rotatable bonds is 3. The molecule has 3 unspecified atom stereocenters. The van der Waals surface area contributed by atoms with Crippen molar-refractivity contribution in [3.8, 4) is 0 Å². The van der Waals surface area contributed by atoms with Gasteiger partial charge in [0.25, 0.3) is 0 Å². The van der Waals surface area contributed by atoms with Crippen molar-refractivity contribution in [2.45, 2.75) is 77.4 Å². The summed E-state index contributed by atoms with van der Waals surface area (Å²) in [5, 5.41) is 18.1. The fraction of sp³-hybridized carbons (Fsp3) is 0.875. The molecular weight excluding hydrogens is 250 g/mol. The Morgan fingerprint density at radius 1 is 1.10 bits per heavy atom. The average molecular weight is 277 g/mol. The molecule has 1 aromatic rings. The third-order valence-corrected chi connectivity index (χ3v) is 5.36. The van der Waals surface area contributed by atoms with Crippen LogP contribution >= 0.6 is 0 Å². The van der Waals surface area contributed by atoms with Crippen molar-refractivity contribution in [2.24, 2.45) is 11.8 Å². The Morgan fingerprint density at radius 3 is 2.55 bits per heavy atom. The van der Waals surface area contributed by atoms with Gasteiger partial charge in [0.1, 0.15) is 12.4 Å². The summed E-state index contributed by atoms with van der Waals surface area (Å²) in [5.41, 5.74) is 0. The van der Waals surface area contributed by atoms with E-state index in [4.69, 9.17) is 0 Å². The fourth-order valence-corrected chi connectivity index (χ4v) is 4.39. The van der Waals surface area contributed by atoms with Crippen molar-refractivity contribution in [2.75, 3.05) is 0 Å². The summed E-state index contributed by atoms with van der Waals surface area (Å²) in [6.45, 7) is 4.29. The van der Waals surface area contributed by atoms with Crippen molar-refractivity contribution < 1.29 is 5.11 Å². The van der Waals surface area contributed by atoms with Crippen LogP contribution in [0.15, 0.2) is 0 Å². The summed E-state index contributed by atoms with van der Waals surface area (Å²) in [4.78, 5) is 0. The minimum atomic E-state index is -0.00997. The van der Waals surface area contributed by atoms with Crippen LogP contribution in [0.2, 0.25) is 0 Å². The molecule has 3 rings (SSSR count). The second-order valence-corrected chi connectivity index (χ2v) is 6.91. The van der Waals surface area contributed by atoms with E-state index in [0.717, 1.165) is 23.5 Å². The monoisotopic (exact) mass is 277 g/mol. The summed E-state index contributed by atoms with van der Waals surface area (Å²) in [5.74, 6) is 4.25. The van der Waals surface area contributed by atoms with E-state index in [1.54, 1.807) is 0 Å². The summed E-state index contributed by atoms with van der Waals surface area (Å²) in [7, 11) is 0. The summed E-state index contributed by atoms with van der Waals surface area (Å²) >= 11 is 0. The molecule has 2 saturated carbocycles. The Balaban J connectivity index is 1.81. The lowest BCUT2D eigenvalue weighted by Gasteiger charge is -2.39. The van der Waals surface area contributed by atoms with Gasteiger partial charge in [-0.05, 0) is 44.9 Å². The fourth-order valence-electron chi connectivity index (χ4n) is 4.39. The Kier molecular flexibility index (Phi) is 4.11. The minimum absolute atomic E-state index is 0.00997. The number of fused-ring (bicyclic) bond motifs is 1. The van der Waals surface area contributed by atoms with Crippen molar-refractivity contribution in [1.29, 1.82) is 0 Å². The molecule has 0 saturated heterocycles. The number of aromatic nitrogens is 3. The lowest BCUT2D eigenvalue weighted by atomic mass is 9.67. The maximum Gasteiger partial charge on any atom is 0.159 e. The first-order chi connectivity index (χ1) is 9.70. The van der Waals surface area contributed by atoms with Gasteiger partial charge >= 0.3 is 0 Å². The van der Waals surface area contributed by atoms with Crippen LogP contribution in [0.5, 0.6) is 0 Å². The van der Waals surface area contributed by atoms with E-state index in [1.165, 1.54) is 44.9 Å². The third kappa shape index (κ3) is 2.50. The molecule has 0 bridgehead atoms. The maximum atomic E-state index is 9.44. The first-order valence-electron chi connectivity index (χ1n) is 8.25. The Hall–Kier alpha value is -0.900. The van der Waals surface area contributed by atoms with E-state index in [9.17, 15) is 5.11 Å². The van der Waals surface area contributed by atoms with Crippen LogP contribution in [0.1, 0.15) is 82.4 Å². The Labute approximate surface area is 121 Å². The lowest BCUT2D eigenvalue weighted by molar-refractivity contribution is 0.151. The van der Waals surface area contributed by atoms with E-state index >= 15 is 0 Å². The van der Waals surface area contributed by atoms with Crippen LogP contribution in [-0.2, 0) is 6.61 Å². The molecule has 0 spiro atoms. The number of hydrogen-bond acceptors (Lipinski definition) is 3. The molecule has 2 fully saturated rings. The predicted molar refractivity (Wildman–Crippen MR) is 78.4 cm³/mol. The topological polar surface area (TPSA) is 50.9 Å². The molecule has 4 heteroatoms. The molecule has 2 aliphatic carbocycles. The highest BCUT2D eigenvalue weighted by molar-refractivity contribution is 5.06. The summed E-state index contributed by atoms with van der Waals surface area (Å²) < 4.78 is 2.16. The van der Waals surface area contributed by atoms with Gasteiger partial charge in [0.05, 0.1) is 0 Å². The second-order valence-electron chi connectivity index (χ2n) is 6.91. The van der Waals surface area contributed by atoms with Gasteiger partial charge in [-0.3, -0.25) is 0 Å². The number of nitrogens with zero attached hydrogens (tertiary/aromatic N) is 3. The van der Waals surface area contributed by atoms with Crippen LogP contribution in [0, 0.1) is 11.8 Å². The highest BCUT2D eigenvalue weighted by Gasteiger charge is 2.35. The van der Waals surface area contributed by atoms with E-state index in [0.29, 0.717) is 12.0 Å². The molecule has 3 atom stereocenters. The summed E-state index contributed by atoms with van der Waals surface area (Å²) in [6, 6.07) is 0.325. The van der Waals surface area contributed by atoms with E-state index in [2.05, 4.69) is 28.6 Å². The van der Waals surface area contributed by atoms with Crippen molar-refractivity contribution in [3.05, 3.63) is 11.6 Å². The first-order valence-corrected chi connectivity index (χ1v) is 8.25. The van der Waals surface area contributed by atoms with Gasteiger partial charge in [-0.1, -0.05) is 25.7 Å². The quantitative estimate of drug-likeness (QED) is 0.921. The van der Waals surface area contributed by atoms with Crippen LogP contribution in [0.25, 0.3) is 0 Å². The van der Waals surface area contributed by atoms with Crippen molar-refractivity contribution in [3.63, 3.8) is 0 Å². The van der Waals surface area contributed by atoms with Gasteiger partial charge in [-0.2, -0.15) is 0 Å².